The number of anilines is 1. The molecule has 0 N–H and O–H groups in total. The fraction of sp³-hybridized carbons (Fsp3) is 0.125. The molecule has 0 heterocycles. The van der Waals surface area contributed by atoms with E-state index in [1.807, 2.05) is 26.0 Å². The first-order chi connectivity index (χ1) is 14.3. The van der Waals surface area contributed by atoms with Crippen LogP contribution in [0.15, 0.2) is 83.8 Å². The molecule has 4 nitrogen and oxygen atoms in total. The normalized spacial score (nSPS) is 11.6. The smallest absolute Gasteiger partial charge is 0.268 e. The van der Waals surface area contributed by atoms with E-state index in [1.54, 1.807) is 54.6 Å². The summed E-state index contributed by atoms with van der Waals surface area (Å²) in [5.41, 5.74) is 2.96. The Morgan fingerprint density at radius 2 is 1.67 bits per heavy atom. The molecule has 3 aromatic carbocycles. The van der Waals surface area contributed by atoms with Gasteiger partial charge in [-0.15, -0.1) is 0 Å². The third-order valence-electron chi connectivity index (χ3n) is 4.61. The van der Waals surface area contributed by atoms with Crippen LogP contribution in [-0.2, 0) is 21.2 Å². The quantitative estimate of drug-likeness (QED) is 0.466. The Morgan fingerprint density at radius 1 is 1.00 bits per heavy atom. The van der Waals surface area contributed by atoms with Crippen molar-refractivity contribution in [2.45, 2.75) is 25.2 Å². The molecular formula is C24H22ClNO3S. The summed E-state index contributed by atoms with van der Waals surface area (Å²) in [7, 11) is -4.10. The molecule has 0 aliphatic rings. The lowest BCUT2D eigenvalue weighted by molar-refractivity contribution is -0.113. The zero-order chi connectivity index (χ0) is 21.7. The van der Waals surface area contributed by atoms with Gasteiger partial charge in [-0.25, -0.2) is 8.42 Å². The minimum Gasteiger partial charge on any atom is -0.268 e. The van der Waals surface area contributed by atoms with Gasteiger partial charge in [-0.3, -0.25) is 4.79 Å². The Balaban J connectivity index is 2.04. The van der Waals surface area contributed by atoms with Crippen molar-refractivity contribution in [3.63, 3.8) is 0 Å². The van der Waals surface area contributed by atoms with Gasteiger partial charge < -0.3 is 0 Å². The van der Waals surface area contributed by atoms with Gasteiger partial charge in [0, 0.05) is 11.1 Å². The van der Waals surface area contributed by atoms with Crippen LogP contribution in [0.4, 0.5) is 5.69 Å². The summed E-state index contributed by atoms with van der Waals surface area (Å²) >= 11 is 5.99. The van der Waals surface area contributed by atoms with Gasteiger partial charge in [0.15, 0.2) is 0 Å². The SMILES string of the molecule is CCc1ccc(N(C(=O)/C=C/c2cccc(Cl)c2)S(=O)(=O)c2ccc(C)cc2)cc1. The van der Waals surface area contributed by atoms with Crippen LogP contribution in [0, 0.1) is 6.92 Å². The molecule has 0 fully saturated rings. The van der Waals surface area contributed by atoms with Crippen LogP contribution in [0.2, 0.25) is 5.02 Å². The summed E-state index contributed by atoms with van der Waals surface area (Å²) in [6.45, 7) is 3.88. The van der Waals surface area contributed by atoms with Crippen LogP contribution in [0.3, 0.4) is 0 Å². The van der Waals surface area contributed by atoms with Crippen LogP contribution < -0.4 is 4.31 Å². The van der Waals surface area contributed by atoms with E-state index in [9.17, 15) is 13.2 Å². The second-order valence-corrected chi connectivity index (χ2v) is 9.05. The van der Waals surface area contributed by atoms with Gasteiger partial charge in [0.05, 0.1) is 10.6 Å². The number of hydrogen-bond acceptors (Lipinski definition) is 3. The molecule has 0 saturated heterocycles. The maximum atomic E-state index is 13.4. The highest BCUT2D eigenvalue weighted by molar-refractivity contribution is 7.93. The highest BCUT2D eigenvalue weighted by atomic mass is 35.5. The second kappa shape index (κ2) is 9.28. The van der Waals surface area contributed by atoms with Crippen LogP contribution in [0.5, 0.6) is 0 Å². The van der Waals surface area contributed by atoms with Gasteiger partial charge in [-0.2, -0.15) is 4.31 Å². The lowest BCUT2D eigenvalue weighted by atomic mass is 10.1. The Morgan fingerprint density at radius 3 is 2.27 bits per heavy atom. The summed E-state index contributed by atoms with van der Waals surface area (Å²) < 4.78 is 27.5. The summed E-state index contributed by atoms with van der Waals surface area (Å²) in [5.74, 6) is -0.667. The fourth-order valence-electron chi connectivity index (χ4n) is 2.91. The zero-order valence-corrected chi connectivity index (χ0v) is 18.3. The predicted octanol–water partition coefficient (Wildman–Crippen LogP) is 5.65. The third kappa shape index (κ3) is 4.99. The third-order valence-corrected chi connectivity index (χ3v) is 6.58. The number of benzene rings is 3. The number of sulfonamides is 1. The number of halogens is 1. The van der Waals surface area contributed by atoms with Crippen molar-refractivity contribution in [3.05, 3.63) is 101 Å². The minimum absolute atomic E-state index is 0.0529. The van der Waals surface area contributed by atoms with Gasteiger partial charge in [-0.05, 0) is 66.9 Å². The van der Waals surface area contributed by atoms with Crippen LogP contribution in [-0.4, -0.2) is 14.3 Å². The van der Waals surface area contributed by atoms with Gasteiger partial charge in [-0.1, -0.05) is 60.5 Å². The first-order valence-corrected chi connectivity index (χ1v) is 11.3. The molecule has 3 rings (SSSR count). The molecule has 0 unspecified atom stereocenters. The van der Waals surface area contributed by atoms with Crippen LogP contribution >= 0.6 is 11.6 Å². The highest BCUT2D eigenvalue weighted by Gasteiger charge is 2.29. The topological polar surface area (TPSA) is 54.5 Å². The molecule has 3 aromatic rings. The molecule has 0 aliphatic carbocycles. The van der Waals surface area contributed by atoms with Crippen molar-refractivity contribution >= 4 is 39.3 Å². The second-order valence-electron chi connectivity index (χ2n) is 6.83. The monoisotopic (exact) mass is 439 g/mol. The zero-order valence-electron chi connectivity index (χ0n) is 16.7. The number of aryl methyl sites for hydroxylation is 2. The van der Waals surface area contributed by atoms with Crippen molar-refractivity contribution in [1.82, 2.24) is 0 Å². The maximum absolute atomic E-state index is 13.4. The number of carbonyl (C=O) groups is 1. The summed E-state index contributed by atoms with van der Waals surface area (Å²) in [6, 6.07) is 20.3. The van der Waals surface area contributed by atoms with Crippen LogP contribution in [0.1, 0.15) is 23.6 Å². The van der Waals surface area contributed by atoms with E-state index in [1.165, 1.54) is 18.2 Å². The van der Waals surface area contributed by atoms with E-state index >= 15 is 0 Å². The number of nitrogens with zero attached hydrogens (tertiary/aromatic N) is 1. The molecule has 0 radical (unpaired) electrons. The van der Waals surface area contributed by atoms with E-state index in [2.05, 4.69) is 0 Å². The van der Waals surface area contributed by atoms with Crippen molar-refractivity contribution < 1.29 is 13.2 Å². The largest absolute Gasteiger partial charge is 0.271 e. The van der Waals surface area contributed by atoms with Crippen molar-refractivity contribution in [3.8, 4) is 0 Å². The number of hydrogen-bond donors (Lipinski definition) is 0. The number of rotatable bonds is 6. The Hall–Kier alpha value is -2.89. The average molecular weight is 440 g/mol. The number of carbonyl (C=O) groups excluding carboxylic acids is 1. The number of amides is 1. The molecule has 30 heavy (non-hydrogen) atoms. The Bertz CT molecular complexity index is 1170. The Kier molecular flexibility index (Phi) is 6.75. The predicted molar refractivity (Wildman–Crippen MR) is 122 cm³/mol. The standard InChI is InChI=1S/C24H22ClNO3S/c1-3-19-9-12-22(13-10-19)26(30(28,29)23-14-7-18(2)8-15-23)24(27)16-11-20-5-4-6-21(25)17-20/h4-17H,3H2,1-2H3/b16-11+. The summed E-state index contributed by atoms with van der Waals surface area (Å²) in [6.07, 6.45) is 3.60. The molecule has 6 heteroatoms. The van der Waals surface area contributed by atoms with E-state index in [0.29, 0.717) is 10.6 Å². The summed E-state index contributed by atoms with van der Waals surface area (Å²) in [4.78, 5) is 13.1. The molecule has 1 amide bonds. The summed E-state index contributed by atoms with van der Waals surface area (Å²) in [5, 5.41) is 0.531. The molecule has 0 saturated carbocycles. The first kappa shape index (κ1) is 21.8. The molecule has 154 valence electrons. The average Bonchev–Trinajstić information content (AvgIpc) is 2.73. The molecule has 0 atom stereocenters. The van der Waals surface area contributed by atoms with Gasteiger partial charge in [0.1, 0.15) is 0 Å². The van der Waals surface area contributed by atoms with Gasteiger partial charge in [0.2, 0.25) is 0 Å². The van der Waals surface area contributed by atoms with Crippen molar-refractivity contribution in [1.29, 1.82) is 0 Å². The Labute approximate surface area is 182 Å². The van der Waals surface area contributed by atoms with Gasteiger partial charge >= 0.3 is 0 Å². The van der Waals surface area contributed by atoms with Crippen molar-refractivity contribution in [2.24, 2.45) is 0 Å². The van der Waals surface area contributed by atoms with E-state index in [0.717, 1.165) is 21.9 Å². The fourth-order valence-corrected chi connectivity index (χ4v) is 4.50. The van der Waals surface area contributed by atoms with Gasteiger partial charge in [0.25, 0.3) is 15.9 Å². The van der Waals surface area contributed by atoms with E-state index in [-0.39, 0.29) is 10.6 Å². The lowest BCUT2D eigenvalue weighted by Crippen LogP contribution is -2.35. The van der Waals surface area contributed by atoms with E-state index < -0.39 is 15.9 Å². The molecule has 0 spiro atoms. The van der Waals surface area contributed by atoms with E-state index in [4.69, 9.17) is 11.6 Å². The van der Waals surface area contributed by atoms with Crippen LogP contribution in [0.25, 0.3) is 6.08 Å². The molecule has 0 bridgehead atoms. The maximum Gasteiger partial charge on any atom is 0.271 e. The molecular weight excluding hydrogens is 418 g/mol. The highest BCUT2D eigenvalue weighted by Crippen LogP contribution is 2.25. The minimum atomic E-state index is -4.10. The molecule has 0 aliphatic heterocycles. The van der Waals surface area contributed by atoms with Crippen molar-refractivity contribution in [2.75, 3.05) is 4.31 Å². The lowest BCUT2D eigenvalue weighted by Gasteiger charge is -2.22. The first-order valence-electron chi connectivity index (χ1n) is 9.50. The molecule has 0 aromatic heterocycles.